The number of methoxy groups -OCH3 is 1. The normalized spacial score (nSPS) is 10.4. The predicted octanol–water partition coefficient (Wildman–Crippen LogP) is 3.24. The fraction of sp³-hybridized carbons (Fsp3) is 0.176. The van der Waals surface area contributed by atoms with Crippen LogP contribution in [-0.2, 0) is 4.74 Å². The molecule has 0 saturated carbocycles. The van der Waals surface area contributed by atoms with Crippen LogP contribution in [0.4, 0.5) is 14.5 Å². The lowest BCUT2D eigenvalue weighted by Crippen LogP contribution is -2.15. The number of halogens is 2. The number of nitro benzene ring substituents is 1. The number of benzene rings is 2. The van der Waals surface area contributed by atoms with Crippen molar-refractivity contribution in [2.75, 3.05) is 13.7 Å². The van der Waals surface area contributed by atoms with Gasteiger partial charge in [0, 0.05) is 17.7 Å². The number of Topliss-reactive ketones (excluding diaryl/α,β-unsaturated/α-hetero) is 1. The van der Waals surface area contributed by atoms with Crippen molar-refractivity contribution < 1.29 is 37.5 Å². The Labute approximate surface area is 151 Å². The molecule has 0 amide bonds. The number of rotatable bonds is 8. The molecule has 8 nitrogen and oxygen atoms in total. The first kappa shape index (κ1) is 19.8. The maximum absolute atomic E-state index is 12.1. The van der Waals surface area contributed by atoms with E-state index in [1.54, 1.807) is 0 Å². The molecule has 10 heteroatoms. The zero-order valence-corrected chi connectivity index (χ0v) is 13.9. The van der Waals surface area contributed by atoms with Gasteiger partial charge in [0.05, 0.1) is 12.0 Å². The molecule has 0 atom stereocenters. The van der Waals surface area contributed by atoms with E-state index in [9.17, 15) is 28.5 Å². The van der Waals surface area contributed by atoms with E-state index in [1.165, 1.54) is 37.4 Å². The first-order valence-corrected chi connectivity index (χ1v) is 7.39. The van der Waals surface area contributed by atoms with E-state index in [1.807, 2.05) is 0 Å². The number of carbonyl (C=O) groups is 2. The summed E-state index contributed by atoms with van der Waals surface area (Å²) in [5, 5.41) is 10.8. The Morgan fingerprint density at radius 3 is 2.37 bits per heavy atom. The van der Waals surface area contributed by atoms with Gasteiger partial charge in [0.25, 0.3) is 5.69 Å². The van der Waals surface area contributed by atoms with Crippen LogP contribution in [0.3, 0.4) is 0 Å². The summed E-state index contributed by atoms with van der Waals surface area (Å²) in [7, 11) is 1.27. The summed E-state index contributed by atoms with van der Waals surface area (Å²) in [6.45, 7) is -3.64. The third-order valence-corrected chi connectivity index (χ3v) is 3.35. The van der Waals surface area contributed by atoms with E-state index < -0.39 is 29.9 Å². The number of ether oxygens (including phenoxy) is 3. The molecule has 0 aliphatic heterocycles. The number of alkyl halides is 2. The number of non-ortho nitro benzene ring substituents is 1. The highest BCUT2D eigenvalue weighted by atomic mass is 19.3. The Balaban J connectivity index is 2.05. The largest absolute Gasteiger partial charge is 0.496 e. The average Bonchev–Trinajstić information content (AvgIpc) is 2.65. The minimum Gasteiger partial charge on any atom is -0.496 e. The molecule has 0 N–H and O–H groups in total. The Bertz CT molecular complexity index is 853. The summed E-state index contributed by atoms with van der Waals surface area (Å²) in [5.74, 6) is -1.66. The van der Waals surface area contributed by atoms with Crippen LogP contribution < -0.4 is 9.47 Å². The molecule has 0 aromatic heterocycles. The van der Waals surface area contributed by atoms with Crippen LogP contribution in [0.5, 0.6) is 11.5 Å². The van der Waals surface area contributed by atoms with Gasteiger partial charge >= 0.3 is 12.6 Å². The molecule has 0 unspecified atom stereocenters. The van der Waals surface area contributed by atoms with E-state index in [2.05, 4.69) is 4.74 Å². The quantitative estimate of drug-likeness (QED) is 0.299. The molecule has 0 saturated heterocycles. The fourth-order valence-electron chi connectivity index (χ4n) is 2.08. The van der Waals surface area contributed by atoms with Crippen molar-refractivity contribution in [3.63, 3.8) is 0 Å². The van der Waals surface area contributed by atoms with Crippen LogP contribution in [0.2, 0.25) is 0 Å². The fourth-order valence-corrected chi connectivity index (χ4v) is 2.08. The summed E-state index contributed by atoms with van der Waals surface area (Å²) in [6, 6.07) is 8.18. The van der Waals surface area contributed by atoms with Crippen molar-refractivity contribution in [2.24, 2.45) is 0 Å². The number of hydrogen-bond donors (Lipinski definition) is 0. The van der Waals surface area contributed by atoms with Gasteiger partial charge in [-0.2, -0.15) is 8.78 Å². The summed E-state index contributed by atoms with van der Waals surface area (Å²) < 4.78 is 38.2. The third-order valence-electron chi connectivity index (χ3n) is 3.35. The first-order chi connectivity index (χ1) is 12.8. The Morgan fingerprint density at radius 2 is 1.81 bits per heavy atom. The minimum absolute atomic E-state index is 0.0477. The second-order valence-corrected chi connectivity index (χ2v) is 5.04. The van der Waals surface area contributed by atoms with E-state index in [0.29, 0.717) is 0 Å². The molecule has 142 valence electrons. The first-order valence-electron chi connectivity index (χ1n) is 7.39. The lowest BCUT2D eigenvalue weighted by molar-refractivity contribution is -0.384. The second-order valence-electron chi connectivity index (χ2n) is 5.04. The maximum Gasteiger partial charge on any atom is 0.387 e. The molecule has 2 rings (SSSR count). The van der Waals surface area contributed by atoms with Crippen molar-refractivity contribution in [3.8, 4) is 11.5 Å². The molecular formula is C17H13F2NO7. The van der Waals surface area contributed by atoms with Crippen molar-refractivity contribution in [1.82, 2.24) is 0 Å². The number of ketones is 1. The van der Waals surface area contributed by atoms with Crippen LogP contribution in [0.1, 0.15) is 20.7 Å². The smallest absolute Gasteiger partial charge is 0.387 e. The van der Waals surface area contributed by atoms with Crippen LogP contribution >= 0.6 is 0 Å². The van der Waals surface area contributed by atoms with Crippen molar-refractivity contribution in [1.29, 1.82) is 0 Å². The van der Waals surface area contributed by atoms with Gasteiger partial charge in [-0.15, -0.1) is 0 Å². The minimum atomic E-state index is -2.99. The molecule has 0 radical (unpaired) electrons. The highest BCUT2D eigenvalue weighted by Gasteiger charge is 2.20. The third kappa shape index (κ3) is 5.21. The lowest BCUT2D eigenvalue weighted by atomic mass is 10.1. The van der Waals surface area contributed by atoms with E-state index in [0.717, 1.165) is 12.1 Å². The van der Waals surface area contributed by atoms with Crippen LogP contribution in [0, 0.1) is 10.1 Å². The molecule has 0 bridgehead atoms. The Hall–Kier alpha value is -3.56. The maximum atomic E-state index is 12.1. The number of nitrogens with zero attached hydrogens (tertiary/aromatic N) is 1. The van der Waals surface area contributed by atoms with Gasteiger partial charge in [0.2, 0.25) is 0 Å². The average molecular weight is 381 g/mol. The van der Waals surface area contributed by atoms with Gasteiger partial charge in [-0.25, -0.2) is 4.79 Å². The number of esters is 1. The zero-order valence-electron chi connectivity index (χ0n) is 13.9. The topological polar surface area (TPSA) is 105 Å². The molecular weight excluding hydrogens is 368 g/mol. The number of nitro groups is 1. The molecule has 27 heavy (non-hydrogen) atoms. The van der Waals surface area contributed by atoms with E-state index in [-0.39, 0.29) is 28.3 Å². The van der Waals surface area contributed by atoms with Gasteiger partial charge in [-0.1, -0.05) is 0 Å². The van der Waals surface area contributed by atoms with Crippen LogP contribution in [0.25, 0.3) is 0 Å². The molecule has 0 aliphatic rings. The summed E-state index contributed by atoms with van der Waals surface area (Å²) >= 11 is 0. The molecule has 2 aromatic carbocycles. The number of hydrogen-bond acceptors (Lipinski definition) is 7. The Kier molecular flexibility index (Phi) is 6.36. The van der Waals surface area contributed by atoms with E-state index in [4.69, 9.17) is 9.47 Å². The summed E-state index contributed by atoms with van der Waals surface area (Å²) in [6.07, 6.45) is 0. The standard InChI is InChI=1S/C17H13F2NO7/c1-25-15-7-4-11(20(23)24)8-13(15)16(22)26-9-14(21)10-2-5-12(6-3-10)27-17(18)19/h2-8,17H,9H2,1H3. The van der Waals surface area contributed by atoms with Gasteiger partial charge in [-0.3, -0.25) is 14.9 Å². The van der Waals surface area contributed by atoms with Crippen LogP contribution in [0.15, 0.2) is 42.5 Å². The lowest BCUT2D eigenvalue weighted by Gasteiger charge is -2.09. The molecule has 0 heterocycles. The van der Waals surface area contributed by atoms with Crippen molar-refractivity contribution in [2.45, 2.75) is 6.61 Å². The summed E-state index contributed by atoms with van der Waals surface area (Å²) in [5.41, 5.74) is -0.445. The predicted molar refractivity (Wildman–Crippen MR) is 87.3 cm³/mol. The highest BCUT2D eigenvalue weighted by Crippen LogP contribution is 2.25. The Morgan fingerprint density at radius 1 is 1.15 bits per heavy atom. The van der Waals surface area contributed by atoms with Gasteiger partial charge < -0.3 is 14.2 Å². The zero-order chi connectivity index (χ0) is 20.0. The van der Waals surface area contributed by atoms with Crippen molar-refractivity contribution in [3.05, 3.63) is 63.7 Å². The highest BCUT2D eigenvalue weighted by molar-refractivity contribution is 6.00. The second kappa shape index (κ2) is 8.70. The van der Waals surface area contributed by atoms with Gasteiger partial charge in [0.15, 0.2) is 12.4 Å². The summed E-state index contributed by atoms with van der Waals surface area (Å²) in [4.78, 5) is 34.3. The van der Waals surface area contributed by atoms with Crippen molar-refractivity contribution >= 4 is 17.4 Å². The molecule has 0 spiro atoms. The molecule has 0 fully saturated rings. The van der Waals surface area contributed by atoms with E-state index >= 15 is 0 Å². The molecule has 0 aliphatic carbocycles. The van der Waals surface area contributed by atoms with Gasteiger partial charge in [0.1, 0.15) is 17.1 Å². The SMILES string of the molecule is COc1ccc([N+](=O)[O-])cc1C(=O)OCC(=O)c1ccc(OC(F)F)cc1. The number of carbonyl (C=O) groups excluding carboxylic acids is 2. The monoisotopic (exact) mass is 381 g/mol. The molecule has 2 aromatic rings. The van der Waals surface area contributed by atoms with Gasteiger partial charge in [-0.05, 0) is 30.3 Å². The van der Waals surface area contributed by atoms with Crippen LogP contribution in [-0.4, -0.2) is 37.0 Å².